The van der Waals surface area contributed by atoms with Crippen LogP contribution < -0.4 is 10.6 Å². The van der Waals surface area contributed by atoms with Crippen LogP contribution in [-0.4, -0.2) is 0 Å². The van der Waals surface area contributed by atoms with E-state index < -0.39 is 0 Å². The Hall–Kier alpha value is -3.52. The lowest BCUT2D eigenvalue weighted by molar-refractivity contribution is 0.838. The minimum absolute atomic E-state index is 0.440. The Morgan fingerprint density at radius 3 is 1.56 bits per heavy atom. The van der Waals surface area contributed by atoms with Gasteiger partial charge in [-0.1, -0.05) is 107 Å². The zero-order valence-electron chi connectivity index (χ0n) is 19.4. The Kier molecular flexibility index (Phi) is 6.61. The fourth-order valence-corrected chi connectivity index (χ4v) is 4.14. The predicted molar refractivity (Wildman–Crippen MR) is 140 cm³/mol. The van der Waals surface area contributed by atoms with Crippen molar-refractivity contribution in [2.24, 2.45) is 0 Å². The molecule has 2 heteroatoms. The first kappa shape index (κ1) is 21.7. The second kappa shape index (κ2) is 9.74. The number of nitrogens with one attached hydrogen (secondary N) is 2. The molecule has 0 saturated heterocycles. The Labute approximate surface area is 192 Å². The molecule has 0 atom stereocenters. The summed E-state index contributed by atoms with van der Waals surface area (Å²) in [6.07, 6.45) is 0. The van der Waals surface area contributed by atoms with E-state index in [9.17, 15) is 0 Å². The Morgan fingerprint density at radius 2 is 0.969 bits per heavy atom. The van der Waals surface area contributed by atoms with Crippen molar-refractivity contribution >= 4 is 22.7 Å². The van der Waals surface area contributed by atoms with Crippen LogP contribution in [0.25, 0.3) is 11.1 Å². The molecule has 4 rings (SSSR count). The topological polar surface area (TPSA) is 24.1 Å². The van der Waals surface area contributed by atoms with E-state index in [1.54, 1.807) is 0 Å². The highest BCUT2D eigenvalue weighted by molar-refractivity contribution is 5.86. The number of para-hydroxylation sites is 4. The molecule has 0 aliphatic carbocycles. The minimum atomic E-state index is 0.440. The lowest BCUT2D eigenvalue weighted by atomic mass is 9.92. The van der Waals surface area contributed by atoms with Crippen molar-refractivity contribution < 1.29 is 0 Å². The van der Waals surface area contributed by atoms with Crippen molar-refractivity contribution in [3.8, 4) is 11.1 Å². The average molecular weight is 421 g/mol. The van der Waals surface area contributed by atoms with Crippen LogP contribution in [0.3, 0.4) is 0 Å². The van der Waals surface area contributed by atoms with Gasteiger partial charge in [-0.3, -0.25) is 0 Å². The van der Waals surface area contributed by atoms with E-state index in [1.165, 1.54) is 27.9 Å². The van der Waals surface area contributed by atoms with Crippen LogP contribution in [0.15, 0.2) is 97.1 Å². The van der Waals surface area contributed by atoms with Gasteiger partial charge >= 0.3 is 0 Å². The van der Waals surface area contributed by atoms with E-state index in [0.29, 0.717) is 11.8 Å². The molecule has 0 heterocycles. The maximum atomic E-state index is 3.79. The third kappa shape index (κ3) is 4.70. The molecule has 0 spiro atoms. The molecule has 4 aromatic carbocycles. The second-order valence-corrected chi connectivity index (χ2v) is 8.83. The quantitative estimate of drug-likeness (QED) is 0.311. The van der Waals surface area contributed by atoms with Crippen LogP contribution in [-0.2, 0) is 0 Å². The van der Waals surface area contributed by atoms with Crippen LogP contribution in [0.5, 0.6) is 0 Å². The van der Waals surface area contributed by atoms with Crippen molar-refractivity contribution in [2.45, 2.75) is 39.5 Å². The van der Waals surface area contributed by atoms with Crippen LogP contribution in [0, 0.1) is 0 Å². The zero-order chi connectivity index (χ0) is 22.5. The number of rotatable bonds is 7. The summed E-state index contributed by atoms with van der Waals surface area (Å²) in [5.74, 6) is 0.880. The van der Waals surface area contributed by atoms with E-state index in [4.69, 9.17) is 0 Å². The molecule has 32 heavy (non-hydrogen) atoms. The maximum absolute atomic E-state index is 3.79. The molecule has 0 bridgehead atoms. The first-order chi connectivity index (χ1) is 15.5. The molecule has 162 valence electrons. The summed E-state index contributed by atoms with van der Waals surface area (Å²) in [6.45, 7) is 9.02. The van der Waals surface area contributed by atoms with Crippen LogP contribution in [0.2, 0.25) is 0 Å². The summed E-state index contributed by atoms with van der Waals surface area (Å²) < 4.78 is 0. The van der Waals surface area contributed by atoms with Gasteiger partial charge in [0.25, 0.3) is 0 Å². The molecule has 0 aliphatic rings. The molecule has 0 fully saturated rings. The average Bonchev–Trinajstić information content (AvgIpc) is 2.81. The fourth-order valence-electron chi connectivity index (χ4n) is 4.14. The van der Waals surface area contributed by atoms with E-state index >= 15 is 0 Å². The van der Waals surface area contributed by atoms with Gasteiger partial charge in [-0.25, -0.2) is 0 Å². The highest BCUT2D eigenvalue weighted by Gasteiger charge is 2.15. The molecule has 4 aromatic rings. The Morgan fingerprint density at radius 1 is 0.469 bits per heavy atom. The Balaban J connectivity index is 1.73. The van der Waals surface area contributed by atoms with E-state index in [0.717, 1.165) is 17.1 Å². The third-order valence-corrected chi connectivity index (χ3v) is 5.84. The van der Waals surface area contributed by atoms with Gasteiger partial charge in [0, 0.05) is 16.9 Å². The molecule has 0 amide bonds. The summed E-state index contributed by atoms with van der Waals surface area (Å²) >= 11 is 0. The lowest BCUT2D eigenvalue weighted by Gasteiger charge is -2.23. The van der Waals surface area contributed by atoms with Gasteiger partial charge in [0.1, 0.15) is 0 Å². The van der Waals surface area contributed by atoms with Crippen molar-refractivity contribution in [3.63, 3.8) is 0 Å². The van der Waals surface area contributed by atoms with Crippen molar-refractivity contribution in [1.29, 1.82) is 0 Å². The number of anilines is 4. The van der Waals surface area contributed by atoms with Gasteiger partial charge in [0.15, 0.2) is 0 Å². The molecule has 0 aromatic heterocycles. The summed E-state index contributed by atoms with van der Waals surface area (Å²) in [7, 11) is 0. The van der Waals surface area contributed by atoms with Gasteiger partial charge in [0.2, 0.25) is 0 Å². The standard InChI is InChI=1S/C30H32N2/c1-21(2)24-16-12-17-25(22(3)4)30(24)32-29-20-11-10-19-28(29)31-27-18-9-8-15-26(27)23-13-6-5-7-14-23/h5-22,31-32H,1-4H3. The maximum Gasteiger partial charge on any atom is 0.0623 e. The molecule has 0 unspecified atom stereocenters. The summed E-state index contributed by atoms with van der Waals surface area (Å²) in [6, 6.07) is 34.1. The van der Waals surface area contributed by atoms with Crippen molar-refractivity contribution in [1.82, 2.24) is 0 Å². The number of hydrogen-bond donors (Lipinski definition) is 2. The van der Waals surface area contributed by atoms with Gasteiger partial charge in [-0.05, 0) is 46.7 Å². The normalized spacial score (nSPS) is 11.1. The Bertz CT molecular complexity index is 1150. The first-order valence-corrected chi connectivity index (χ1v) is 11.4. The van der Waals surface area contributed by atoms with E-state index in [1.807, 2.05) is 0 Å². The second-order valence-electron chi connectivity index (χ2n) is 8.83. The summed E-state index contributed by atoms with van der Waals surface area (Å²) in [4.78, 5) is 0. The first-order valence-electron chi connectivity index (χ1n) is 11.4. The molecule has 0 aliphatic heterocycles. The largest absolute Gasteiger partial charge is 0.353 e. The molecule has 0 radical (unpaired) electrons. The predicted octanol–water partition coefficient (Wildman–Crippen LogP) is 9.09. The van der Waals surface area contributed by atoms with Gasteiger partial charge in [-0.15, -0.1) is 0 Å². The monoisotopic (exact) mass is 420 g/mol. The van der Waals surface area contributed by atoms with Crippen LogP contribution >= 0.6 is 0 Å². The molecular weight excluding hydrogens is 388 g/mol. The molecule has 0 saturated carbocycles. The zero-order valence-corrected chi connectivity index (χ0v) is 19.4. The third-order valence-electron chi connectivity index (χ3n) is 5.84. The van der Waals surface area contributed by atoms with E-state index in [-0.39, 0.29) is 0 Å². The van der Waals surface area contributed by atoms with Crippen LogP contribution in [0.1, 0.15) is 50.7 Å². The summed E-state index contributed by atoms with van der Waals surface area (Å²) in [5, 5.41) is 7.48. The molecule has 2 N–H and O–H groups in total. The summed E-state index contributed by atoms with van der Waals surface area (Å²) in [5.41, 5.74) is 9.53. The molecular formula is C30H32N2. The van der Waals surface area contributed by atoms with Crippen molar-refractivity contribution in [3.05, 3.63) is 108 Å². The van der Waals surface area contributed by atoms with Gasteiger partial charge < -0.3 is 10.6 Å². The smallest absolute Gasteiger partial charge is 0.0623 e. The number of benzene rings is 4. The fraction of sp³-hybridized carbons (Fsp3) is 0.200. The molecule has 2 nitrogen and oxygen atoms in total. The highest BCUT2D eigenvalue weighted by Crippen LogP contribution is 2.38. The highest BCUT2D eigenvalue weighted by atomic mass is 15.0. The number of hydrogen-bond acceptors (Lipinski definition) is 2. The van der Waals surface area contributed by atoms with Crippen LogP contribution in [0.4, 0.5) is 22.7 Å². The lowest BCUT2D eigenvalue weighted by Crippen LogP contribution is -2.05. The van der Waals surface area contributed by atoms with Gasteiger partial charge in [-0.2, -0.15) is 0 Å². The van der Waals surface area contributed by atoms with E-state index in [2.05, 4.69) is 135 Å². The van der Waals surface area contributed by atoms with Gasteiger partial charge in [0.05, 0.1) is 11.4 Å². The SMILES string of the molecule is CC(C)c1cccc(C(C)C)c1Nc1ccccc1Nc1ccccc1-c1ccccc1. The van der Waals surface area contributed by atoms with Crippen molar-refractivity contribution in [2.75, 3.05) is 10.6 Å². The minimum Gasteiger partial charge on any atom is -0.353 e.